The fourth-order valence-electron chi connectivity index (χ4n) is 2.85. The quantitative estimate of drug-likeness (QED) is 0.771. The molecule has 6 nitrogen and oxygen atoms in total. The molecule has 0 aromatic carbocycles. The summed E-state index contributed by atoms with van der Waals surface area (Å²) in [6, 6.07) is 2.21. The van der Waals surface area contributed by atoms with E-state index in [-0.39, 0.29) is 17.6 Å². The molecular formula is C18H24N4O2S. The third-order valence-electron chi connectivity index (χ3n) is 4.70. The zero-order valence-corrected chi connectivity index (χ0v) is 16.1. The SMILES string of the molecule is CC(=O)N1CCCN(C(=O)CSc2nc(C)c(C)c(C)c2C#N)CC1. The molecule has 0 aliphatic carbocycles. The fraction of sp³-hybridized carbons (Fsp3) is 0.556. The van der Waals surface area contributed by atoms with Crippen molar-refractivity contribution in [1.82, 2.24) is 14.8 Å². The van der Waals surface area contributed by atoms with Crippen molar-refractivity contribution in [3.63, 3.8) is 0 Å². The summed E-state index contributed by atoms with van der Waals surface area (Å²) >= 11 is 1.32. The minimum absolute atomic E-state index is 0.0250. The summed E-state index contributed by atoms with van der Waals surface area (Å²) in [5.41, 5.74) is 3.39. The van der Waals surface area contributed by atoms with E-state index in [0.29, 0.717) is 36.8 Å². The number of carbonyl (C=O) groups excluding carboxylic acids is 2. The van der Waals surface area contributed by atoms with Gasteiger partial charge in [-0.05, 0) is 38.3 Å². The summed E-state index contributed by atoms with van der Waals surface area (Å²) in [4.78, 5) is 32.1. The highest BCUT2D eigenvalue weighted by molar-refractivity contribution is 8.00. The lowest BCUT2D eigenvalue weighted by atomic mass is 10.1. The second-order valence-corrected chi connectivity index (χ2v) is 7.23. The number of carbonyl (C=O) groups is 2. The van der Waals surface area contributed by atoms with E-state index in [1.807, 2.05) is 20.8 Å². The van der Waals surface area contributed by atoms with Gasteiger partial charge in [-0.1, -0.05) is 11.8 Å². The number of nitrogens with zero attached hydrogens (tertiary/aromatic N) is 4. The number of thioether (sulfide) groups is 1. The van der Waals surface area contributed by atoms with E-state index in [0.717, 1.165) is 23.2 Å². The van der Waals surface area contributed by atoms with E-state index in [2.05, 4.69) is 11.1 Å². The van der Waals surface area contributed by atoms with E-state index in [4.69, 9.17) is 0 Å². The Morgan fingerprint density at radius 1 is 1.12 bits per heavy atom. The maximum absolute atomic E-state index is 12.5. The Morgan fingerprint density at radius 2 is 1.76 bits per heavy atom. The van der Waals surface area contributed by atoms with Crippen LogP contribution in [0, 0.1) is 32.1 Å². The Labute approximate surface area is 153 Å². The Morgan fingerprint density at radius 3 is 2.40 bits per heavy atom. The molecule has 0 spiro atoms. The Kier molecular flexibility index (Phi) is 6.43. The predicted molar refractivity (Wildman–Crippen MR) is 97.3 cm³/mol. The minimum Gasteiger partial charge on any atom is -0.341 e. The highest BCUT2D eigenvalue weighted by atomic mass is 32.2. The molecule has 7 heteroatoms. The van der Waals surface area contributed by atoms with Gasteiger partial charge in [-0.2, -0.15) is 5.26 Å². The fourth-order valence-corrected chi connectivity index (χ4v) is 3.84. The van der Waals surface area contributed by atoms with Crippen LogP contribution in [-0.2, 0) is 9.59 Å². The van der Waals surface area contributed by atoms with Gasteiger partial charge in [0.2, 0.25) is 11.8 Å². The average molecular weight is 360 g/mol. The van der Waals surface area contributed by atoms with E-state index < -0.39 is 0 Å². The Bertz CT molecular complexity index is 727. The number of amides is 2. The van der Waals surface area contributed by atoms with Crippen molar-refractivity contribution in [3.05, 3.63) is 22.4 Å². The summed E-state index contributed by atoms with van der Waals surface area (Å²) in [6.45, 7) is 9.84. The molecule has 1 aromatic heterocycles. The van der Waals surface area contributed by atoms with Crippen molar-refractivity contribution in [2.75, 3.05) is 31.9 Å². The van der Waals surface area contributed by atoms with Gasteiger partial charge in [0.15, 0.2) is 0 Å². The number of hydrogen-bond donors (Lipinski definition) is 0. The van der Waals surface area contributed by atoms with Gasteiger partial charge >= 0.3 is 0 Å². The molecule has 2 amide bonds. The van der Waals surface area contributed by atoms with Crippen LogP contribution < -0.4 is 0 Å². The molecule has 1 aliphatic rings. The first-order chi connectivity index (χ1) is 11.8. The lowest BCUT2D eigenvalue weighted by Crippen LogP contribution is -2.37. The number of pyridine rings is 1. The van der Waals surface area contributed by atoms with Crippen LogP contribution in [0.3, 0.4) is 0 Å². The van der Waals surface area contributed by atoms with Crippen molar-refractivity contribution in [2.24, 2.45) is 0 Å². The van der Waals surface area contributed by atoms with Crippen LogP contribution in [0.2, 0.25) is 0 Å². The summed E-state index contributed by atoms with van der Waals surface area (Å²) in [5, 5.41) is 10.0. The first-order valence-corrected chi connectivity index (χ1v) is 9.37. The van der Waals surface area contributed by atoms with Crippen LogP contribution in [0.15, 0.2) is 5.03 Å². The molecule has 25 heavy (non-hydrogen) atoms. The maximum atomic E-state index is 12.5. The smallest absolute Gasteiger partial charge is 0.233 e. The van der Waals surface area contributed by atoms with Crippen LogP contribution in [0.25, 0.3) is 0 Å². The first kappa shape index (κ1) is 19.3. The van der Waals surface area contributed by atoms with E-state index in [1.54, 1.807) is 16.7 Å². The molecule has 1 fully saturated rings. The molecule has 134 valence electrons. The zero-order chi connectivity index (χ0) is 18.6. The number of hydrogen-bond acceptors (Lipinski definition) is 5. The van der Waals surface area contributed by atoms with Gasteiger partial charge < -0.3 is 9.80 Å². The van der Waals surface area contributed by atoms with Gasteiger partial charge in [-0.15, -0.1) is 0 Å². The van der Waals surface area contributed by atoms with Crippen LogP contribution in [0.5, 0.6) is 0 Å². The monoisotopic (exact) mass is 360 g/mol. The van der Waals surface area contributed by atoms with Gasteiger partial charge in [0.1, 0.15) is 11.1 Å². The Hall–Kier alpha value is -2.07. The minimum atomic E-state index is 0.0250. The maximum Gasteiger partial charge on any atom is 0.233 e. The molecule has 1 saturated heterocycles. The van der Waals surface area contributed by atoms with Crippen LogP contribution in [0.4, 0.5) is 0 Å². The highest BCUT2D eigenvalue weighted by Gasteiger charge is 2.21. The largest absolute Gasteiger partial charge is 0.341 e. The molecular weight excluding hydrogens is 336 g/mol. The van der Waals surface area contributed by atoms with Crippen molar-refractivity contribution in [3.8, 4) is 6.07 Å². The normalized spacial score (nSPS) is 14.8. The highest BCUT2D eigenvalue weighted by Crippen LogP contribution is 2.26. The van der Waals surface area contributed by atoms with E-state index in [9.17, 15) is 14.9 Å². The van der Waals surface area contributed by atoms with Crippen LogP contribution >= 0.6 is 11.8 Å². The number of aryl methyl sites for hydroxylation is 1. The van der Waals surface area contributed by atoms with Gasteiger partial charge in [-0.3, -0.25) is 9.59 Å². The molecule has 2 rings (SSSR count). The molecule has 0 radical (unpaired) electrons. The molecule has 0 unspecified atom stereocenters. The van der Waals surface area contributed by atoms with Crippen LogP contribution in [0.1, 0.15) is 35.7 Å². The standard InChI is InChI=1S/C18H24N4O2S/c1-12-13(2)16(10-19)18(20-14(12)3)25-11-17(24)22-7-5-6-21(8-9-22)15(4)23/h5-9,11H2,1-4H3. The number of nitriles is 1. The van der Waals surface area contributed by atoms with Gasteiger partial charge in [0, 0.05) is 38.8 Å². The topological polar surface area (TPSA) is 77.3 Å². The van der Waals surface area contributed by atoms with Crippen LogP contribution in [-0.4, -0.2) is 58.5 Å². The second kappa shape index (κ2) is 8.34. The summed E-state index contributed by atoms with van der Waals surface area (Å²) in [7, 11) is 0. The van der Waals surface area contributed by atoms with Crippen molar-refractivity contribution in [2.45, 2.75) is 39.1 Å². The predicted octanol–water partition coefficient (Wildman–Crippen LogP) is 2.05. The molecule has 1 aromatic rings. The van der Waals surface area contributed by atoms with E-state index >= 15 is 0 Å². The van der Waals surface area contributed by atoms with Crippen molar-refractivity contribution >= 4 is 23.6 Å². The van der Waals surface area contributed by atoms with E-state index in [1.165, 1.54) is 11.8 Å². The van der Waals surface area contributed by atoms with Gasteiger partial charge in [0.05, 0.1) is 11.3 Å². The Balaban J connectivity index is 2.03. The summed E-state index contributed by atoms with van der Waals surface area (Å²) < 4.78 is 0. The molecule has 0 N–H and O–H groups in total. The molecule has 0 bridgehead atoms. The summed E-state index contributed by atoms with van der Waals surface area (Å²) in [6.07, 6.45) is 0.792. The molecule has 0 atom stereocenters. The van der Waals surface area contributed by atoms with Crippen molar-refractivity contribution in [1.29, 1.82) is 5.26 Å². The number of rotatable bonds is 3. The van der Waals surface area contributed by atoms with Gasteiger partial charge in [0.25, 0.3) is 0 Å². The third kappa shape index (κ3) is 4.51. The molecule has 2 heterocycles. The second-order valence-electron chi connectivity index (χ2n) is 6.27. The molecule has 1 aliphatic heterocycles. The first-order valence-electron chi connectivity index (χ1n) is 8.39. The van der Waals surface area contributed by atoms with Crippen molar-refractivity contribution < 1.29 is 9.59 Å². The lowest BCUT2D eigenvalue weighted by Gasteiger charge is -2.21. The zero-order valence-electron chi connectivity index (χ0n) is 15.3. The third-order valence-corrected chi connectivity index (χ3v) is 5.66. The summed E-state index contributed by atoms with van der Waals surface area (Å²) in [5.74, 6) is 0.332. The average Bonchev–Trinajstić information content (AvgIpc) is 2.84. The number of aromatic nitrogens is 1. The lowest BCUT2D eigenvalue weighted by molar-refractivity contribution is -0.130. The molecule has 0 saturated carbocycles. The van der Waals surface area contributed by atoms with Gasteiger partial charge in [-0.25, -0.2) is 4.98 Å².